The van der Waals surface area contributed by atoms with Crippen molar-refractivity contribution in [2.24, 2.45) is 4.99 Å². The third kappa shape index (κ3) is 3.17. The van der Waals surface area contributed by atoms with Crippen LogP contribution in [0.2, 0.25) is 0 Å². The van der Waals surface area contributed by atoms with Crippen molar-refractivity contribution >= 4 is 23.7 Å². The average molecular weight is 267 g/mol. The smallest absolute Gasteiger partial charge is 0.336 e. The molecule has 2 aromatic carbocycles. The molecule has 4 nitrogen and oxygen atoms in total. The second-order valence-corrected chi connectivity index (χ2v) is 4.25. The SMILES string of the molecule is CC(=O)c1ccc(N=Cc2ccccc2C(=O)O)cc1. The van der Waals surface area contributed by atoms with Gasteiger partial charge in [-0.25, -0.2) is 4.79 Å². The number of ketones is 1. The third-order valence-corrected chi connectivity index (χ3v) is 2.82. The maximum Gasteiger partial charge on any atom is 0.336 e. The fraction of sp³-hybridized carbons (Fsp3) is 0.0625. The number of carboxylic acids is 1. The Labute approximate surface area is 116 Å². The van der Waals surface area contributed by atoms with E-state index in [1.165, 1.54) is 19.2 Å². The first kappa shape index (κ1) is 13.7. The summed E-state index contributed by atoms with van der Waals surface area (Å²) in [6.07, 6.45) is 1.51. The molecule has 0 fully saturated rings. The predicted molar refractivity (Wildman–Crippen MR) is 77.1 cm³/mol. The van der Waals surface area contributed by atoms with Gasteiger partial charge in [-0.15, -0.1) is 0 Å². The standard InChI is InChI=1S/C16H13NO3/c1-11(18)12-6-8-14(9-7-12)17-10-13-4-2-3-5-15(13)16(19)20/h2-10H,1H3,(H,19,20). The summed E-state index contributed by atoms with van der Waals surface area (Å²) in [6.45, 7) is 1.50. The normalized spacial score (nSPS) is 10.7. The lowest BCUT2D eigenvalue weighted by atomic mass is 10.1. The molecule has 0 bridgehead atoms. The van der Waals surface area contributed by atoms with Crippen molar-refractivity contribution in [3.05, 3.63) is 65.2 Å². The van der Waals surface area contributed by atoms with Crippen LogP contribution in [0.15, 0.2) is 53.5 Å². The van der Waals surface area contributed by atoms with E-state index in [0.29, 0.717) is 16.8 Å². The molecule has 0 amide bonds. The van der Waals surface area contributed by atoms with Gasteiger partial charge < -0.3 is 5.11 Å². The molecule has 0 aliphatic rings. The molecule has 0 heterocycles. The van der Waals surface area contributed by atoms with Crippen LogP contribution in [0.5, 0.6) is 0 Å². The number of nitrogens with zero attached hydrogens (tertiary/aromatic N) is 1. The van der Waals surface area contributed by atoms with Gasteiger partial charge in [0.15, 0.2) is 5.78 Å². The van der Waals surface area contributed by atoms with Crippen LogP contribution in [-0.4, -0.2) is 23.1 Å². The maximum atomic E-state index is 11.2. The van der Waals surface area contributed by atoms with E-state index < -0.39 is 5.97 Å². The fourth-order valence-electron chi connectivity index (χ4n) is 1.73. The topological polar surface area (TPSA) is 66.7 Å². The third-order valence-electron chi connectivity index (χ3n) is 2.82. The second-order valence-electron chi connectivity index (χ2n) is 4.25. The van der Waals surface area contributed by atoms with Gasteiger partial charge in [0.25, 0.3) is 0 Å². The van der Waals surface area contributed by atoms with Gasteiger partial charge in [0.2, 0.25) is 0 Å². The zero-order chi connectivity index (χ0) is 14.5. The highest BCUT2D eigenvalue weighted by atomic mass is 16.4. The summed E-state index contributed by atoms with van der Waals surface area (Å²) < 4.78 is 0. The Morgan fingerprint density at radius 1 is 1.05 bits per heavy atom. The second kappa shape index (κ2) is 5.93. The van der Waals surface area contributed by atoms with Gasteiger partial charge in [-0.2, -0.15) is 0 Å². The lowest BCUT2D eigenvalue weighted by molar-refractivity contribution is 0.0696. The van der Waals surface area contributed by atoms with E-state index in [0.717, 1.165) is 0 Å². The first-order chi connectivity index (χ1) is 9.58. The summed E-state index contributed by atoms with van der Waals surface area (Å²) in [5.74, 6) is -0.990. The van der Waals surface area contributed by atoms with Crippen molar-refractivity contribution in [2.45, 2.75) is 6.92 Å². The molecule has 4 heteroatoms. The van der Waals surface area contributed by atoms with Gasteiger partial charge in [0.1, 0.15) is 0 Å². The van der Waals surface area contributed by atoms with Crippen molar-refractivity contribution in [3.8, 4) is 0 Å². The summed E-state index contributed by atoms with van der Waals surface area (Å²) in [5, 5.41) is 9.06. The van der Waals surface area contributed by atoms with Crippen LogP contribution in [0, 0.1) is 0 Å². The van der Waals surface area contributed by atoms with E-state index in [9.17, 15) is 9.59 Å². The lowest BCUT2D eigenvalue weighted by Gasteiger charge is -2.00. The molecule has 2 rings (SSSR count). The highest BCUT2D eigenvalue weighted by Crippen LogP contribution is 2.14. The number of rotatable bonds is 4. The number of carboxylic acid groups (broad SMARTS) is 1. The summed E-state index contributed by atoms with van der Waals surface area (Å²) in [5.41, 5.74) is 2.03. The number of benzene rings is 2. The van der Waals surface area contributed by atoms with E-state index >= 15 is 0 Å². The molecule has 0 aromatic heterocycles. The molecule has 0 saturated carbocycles. The maximum absolute atomic E-state index is 11.2. The van der Waals surface area contributed by atoms with E-state index in [4.69, 9.17) is 5.11 Å². The number of carbonyl (C=O) groups is 2. The summed E-state index contributed by atoms with van der Waals surface area (Å²) in [4.78, 5) is 26.4. The van der Waals surface area contributed by atoms with E-state index in [2.05, 4.69) is 4.99 Å². The number of aliphatic imine (C=N–C) groups is 1. The van der Waals surface area contributed by atoms with E-state index in [-0.39, 0.29) is 11.3 Å². The Morgan fingerprint density at radius 2 is 1.70 bits per heavy atom. The fourth-order valence-corrected chi connectivity index (χ4v) is 1.73. The predicted octanol–water partition coefficient (Wildman–Crippen LogP) is 3.34. The minimum atomic E-state index is -0.987. The Bertz CT molecular complexity index is 672. The molecule has 2 aromatic rings. The van der Waals surface area contributed by atoms with E-state index in [1.807, 2.05) is 0 Å². The van der Waals surface area contributed by atoms with E-state index in [1.54, 1.807) is 42.5 Å². The number of carbonyl (C=O) groups excluding carboxylic acids is 1. The Balaban J connectivity index is 2.25. The van der Waals surface area contributed by atoms with Crippen molar-refractivity contribution in [3.63, 3.8) is 0 Å². The molecule has 0 aliphatic heterocycles. The van der Waals surface area contributed by atoms with Crippen LogP contribution in [0.4, 0.5) is 5.69 Å². The number of hydrogen-bond acceptors (Lipinski definition) is 3. The molecule has 1 N–H and O–H groups in total. The zero-order valence-electron chi connectivity index (χ0n) is 10.9. The summed E-state index contributed by atoms with van der Waals surface area (Å²) in [6, 6.07) is 13.5. The van der Waals surface area contributed by atoms with Crippen LogP contribution >= 0.6 is 0 Å². The van der Waals surface area contributed by atoms with Crippen molar-refractivity contribution < 1.29 is 14.7 Å². The Hall–Kier alpha value is -2.75. The number of hydrogen-bond donors (Lipinski definition) is 1. The molecule has 0 aliphatic carbocycles. The van der Waals surface area contributed by atoms with Gasteiger partial charge in [0.05, 0.1) is 11.3 Å². The van der Waals surface area contributed by atoms with Crippen LogP contribution < -0.4 is 0 Å². The Kier molecular flexibility index (Phi) is 4.05. The highest BCUT2D eigenvalue weighted by Gasteiger charge is 2.06. The largest absolute Gasteiger partial charge is 0.478 e. The van der Waals surface area contributed by atoms with Crippen molar-refractivity contribution in [1.29, 1.82) is 0 Å². The molecule has 0 unspecified atom stereocenters. The molecule has 0 radical (unpaired) electrons. The first-order valence-corrected chi connectivity index (χ1v) is 6.05. The minimum absolute atomic E-state index is 0.00301. The van der Waals surface area contributed by atoms with Gasteiger partial charge in [-0.3, -0.25) is 9.79 Å². The molecule has 0 spiro atoms. The molecule has 20 heavy (non-hydrogen) atoms. The molecular formula is C16H13NO3. The quantitative estimate of drug-likeness (QED) is 0.682. The highest BCUT2D eigenvalue weighted by molar-refractivity contribution is 5.99. The Morgan fingerprint density at radius 3 is 2.30 bits per heavy atom. The molecule has 0 saturated heterocycles. The number of Topliss-reactive ketones (excluding diaryl/α,β-unsaturated/α-hetero) is 1. The summed E-state index contributed by atoms with van der Waals surface area (Å²) >= 11 is 0. The van der Waals surface area contributed by atoms with Crippen molar-refractivity contribution in [1.82, 2.24) is 0 Å². The van der Waals surface area contributed by atoms with Crippen LogP contribution in [0.3, 0.4) is 0 Å². The lowest BCUT2D eigenvalue weighted by Crippen LogP contribution is -2.01. The van der Waals surface area contributed by atoms with Gasteiger partial charge >= 0.3 is 5.97 Å². The van der Waals surface area contributed by atoms with Crippen LogP contribution in [0.25, 0.3) is 0 Å². The summed E-state index contributed by atoms with van der Waals surface area (Å²) in [7, 11) is 0. The van der Waals surface area contributed by atoms with Crippen molar-refractivity contribution in [2.75, 3.05) is 0 Å². The zero-order valence-corrected chi connectivity index (χ0v) is 10.9. The van der Waals surface area contributed by atoms with Gasteiger partial charge in [0, 0.05) is 17.3 Å². The number of aromatic carboxylic acids is 1. The minimum Gasteiger partial charge on any atom is -0.478 e. The van der Waals surface area contributed by atoms with Gasteiger partial charge in [-0.1, -0.05) is 18.2 Å². The molecule has 100 valence electrons. The van der Waals surface area contributed by atoms with Gasteiger partial charge in [-0.05, 0) is 37.3 Å². The monoisotopic (exact) mass is 267 g/mol. The molecule has 0 atom stereocenters. The van der Waals surface area contributed by atoms with Crippen LogP contribution in [0.1, 0.15) is 33.2 Å². The average Bonchev–Trinajstić information content (AvgIpc) is 2.45. The molecular weight excluding hydrogens is 254 g/mol. The first-order valence-electron chi connectivity index (χ1n) is 6.05. The van der Waals surface area contributed by atoms with Crippen LogP contribution in [-0.2, 0) is 0 Å².